The fourth-order valence-electron chi connectivity index (χ4n) is 4.29. The third-order valence-corrected chi connectivity index (χ3v) is 8.40. The van der Waals surface area contributed by atoms with Gasteiger partial charge in [0.2, 0.25) is 0 Å². The van der Waals surface area contributed by atoms with Gasteiger partial charge in [0, 0.05) is 40.3 Å². The van der Waals surface area contributed by atoms with Crippen molar-refractivity contribution in [2.24, 2.45) is 0 Å². The molecule has 0 saturated heterocycles. The summed E-state index contributed by atoms with van der Waals surface area (Å²) in [5, 5.41) is 7.55. The second kappa shape index (κ2) is 12.8. The van der Waals surface area contributed by atoms with Gasteiger partial charge in [-0.15, -0.1) is 0 Å². The molecule has 0 aliphatic heterocycles. The minimum Gasteiger partial charge on any atom is -0.383 e. The van der Waals surface area contributed by atoms with Crippen LogP contribution in [0.5, 0.6) is 0 Å². The number of ether oxygens (including phenoxy) is 1. The van der Waals surface area contributed by atoms with Crippen molar-refractivity contribution in [1.29, 1.82) is 0 Å². The average molecular weight is 595 g/mol. The number of carbonyl (C=O) groups excluding carboxylic acids is 2. The van der Waals surface area contributed by atoms with Crippen molar-refractivity contribution in [2.75, 3.05) is 17.7 Å². The van der Waals surface area contributed by atoms with E-state index in [0.29, 0.717) is 23.1 Å². The summed E-state index contributed by atoms with van der Waals surface area (Å²) in [4.78, 5) is 32.4. The third kappa shape index (κ3) is 7.98. The summed E-state index contributed by atoms with van der Waals surface area (Å²) in [6.45, 7) is 8.49. The summed E-state index contributed by atoms with van der Waals surface area (Å²) in [6.07, 6.45) is 2.93. The van der Waals surface area contributed by atoms with E-state index in [9.17, 15) is 18.4 Å². The molecular weight excluding hydrogens is 558 g/mol. The number of aromatic nitrogens is 3. The van der Waals surface area contributed by atoms with E-state index in [1.807, 2.05) is 30.3 Å². The van der Waals surface area contributed by atoms with Crippen molar-refractivity contribution >= 4 is 42.3 Å². The normalized spacial score (nSPS) is 12.0. The fourth-order valence-corrected chi connectivity index (χ4v) is 5.04. The molecule has 4 aromatic rings. The maximum absolute atomic E-state index is 13.7. The van der Waals surface area contributed by atoms with Gasteiger partial charge in [-0.2, -0.15) is 5.10 Å². The highest BCUT2D eigenvalue weighted by atomic mass is 28.3. The lowest BCUT2D eigenvalue weighted by Gasteiger charge is -2.23. The van der Waals surface area contributed by atoms with Crippen LogP contribution in [0.15, 0.2) is 67.0 Å². The molecule has 9 nitrogen and oxygen atoms in total. The molecule has 0 atom stereocenters. The Hall–Kier alpha value is -4.16. The lowest BCUT2D eigenvalue weighted by Crippen LogP contribution is -2.39. The van der Waals surface area contributed by atoms with Crippen LogP contribution in [0.3, 0.4) is 0 Å². The van der Waals surface area contributed by atoms with E-state index in [4.69, 9.17) is 10.5 Å². The van der Waals surface area contributed by atoms with Crippen molar-refractivity contribution in [3.05, 3.63) is 83.7 Å². The van der Waals surface area contributed by atoms with Gasteiger partial charge < -0.3 is 20.7 Å². The average Bonchev–Trinajstić information content (AvgIpc) is 3.37. The van der Waals surface area contributed by atoms with Crippen LogP contribution < -0.4 is 11.1 Å². The molecule has 12 heteroatoms. The second-order valence-corrected chi connectivity index (χ2v) is 17.1. The van der Waals surface area contributed by atoms with E-state index < -0.39 is 25.8 Å². The summed E-state index contributed by atoms with van der Waals surface area (Å²) < 4.78 is 34.8. The Morgan fingerprint density at radius 2 is 1.67 bits per heavy atom. The maximum atomic E-state index is 13.7. The van der Waals surface area contributed by atoms with Crippen LogP contribution in [0, 0.1) is 0 Å². The van der Waals surface area contributed by atoms with Gasteiger partial charge in [-0.3, -0.25) is 9.59 Å². The van der Waals surface area contributed by atoms with Crippen LogP contribution in [0.25, 0.3) is 10.9 Å². The number of nitrogens with one attached hydrogen (secondary N) is 1. The van der Waals surface area contributed by atoms with Gasteiger partial charge in [-0.25, -0.2) is 18.4 Å². The lowest BCUT2D eigenvalue weighted by atomic mass is 10.1. The first-order chi connectivity index (χ1) is 19.8. The largest absolute Gasteiger partial charge is 0.383 e. The van der Waals surface area contributed by atoms with E-state index in [2.05, 4.69) is 35.0 Å². The molecule has 0 saturated carbocycles. The molecule has 2 aromatic carbocycles. The van der Waals surface area contributed by atoms with Gasteiger partial charge in [0.15, 0.2) is 0 Å². The number of rotatable bonds is 11. The van der Waals surface area contributed by atoms with Gasteiger partial charge in [0.25, 0.3) is 5.92 Å². The number of fused-ring (bicyclic) bond motifs is 1. The first kappa shape index (κ1) is 30.8. The highest BCUT2D eigenvalue weighted by Crippen LogP contribution is 2.28. The van der Waals surface area contributed by atoms with E-state index in [1.54, 1.807) is 10.9 Å². The van der Waals surface area contributed by atoms with Crippen LogP contribution >= 0.6 is 0 Å². The summed E-state index contributed by atoms with van der Waals surface area (Å²) in [7, 11) is -1.28. The number of pyridine rings is 1. The fraction of sp³-hybridized carbons (Fsp3) is 0.333. The van der Waals surface area contributed by atoms with Crippen molar-refractivity contribution in [3.63, 3.8) is 0 Å². The minimum absolute atomic E-state index is 0.0367. The number of amides is 2. The van der Waals surface area contributed by atoms with Crippen molar-refractivity contribution in [3.8, 4) is 0 Å². The molecule has 0 spiro atoms. The number of carbonyl (C=O) groups is 2. The zero-order valence-corrected chi connectivity index (χ0v) is 25.2. The Labute approximate surface area is 244 Å². The van der Waals surface area contributed by atoms with Crippen LogP contribution in [0.2, 0.25) is 25.7 Å². The number of anilines is 2. The van der Waals surface area contributed by atoms with Crippen molar-refractivity contribution in [2.45, 2.75) is 58.4 Å². The van der Waals surface area contributed by atoms with Gasteiger partial charge in [0.05, 0.1) is 29.0 Å². The predicted octanol–water partition coefficient (Wildman–Crippen LogP) is 5.61. The van der Waals surface area contributed by atoms with Gasteiger partial charge in [-0.05, 0) is 17.2 Å². The summed E-state index contributed by atoms with van der Waals surface area (Å²) in [5.74, 6) is -4.44. The molecule has 0 unspecified atom stereocenters. The number of nitrogen functional groups attached to an aromatic ring is 1. The van der Waals surface area contributed by atoms with Crippen LogP contribution in [0.4, 0.5) is 20.3 Å². The Balaban J connectivity index is 1.55. The monoisotopic (exact) mass is 594 g/mol. The molecule has 4 rings (SSSR count). The highest BCUT2D eigenvalue weighted by molar-refractivity contribution is 6.76. The number of benzene rings is 2. The molecule has 2 heterocycles. The smallest absolute Gasteiger partial charge is 0.314 e. The zero-order valence-electron chi connectivity index (χ0n) is 24.2. The topological polar surface area (TPSA) is 115 Å². The highest BCUT2D eigenvalue weighted by Gasteiger charge is 2.26. The molecule has 0 bridgehead atoms. The number of alkyl halides is 2. The molecule has 3 N–H and O–H groups in total. The first-order valence-electron chi connectivity index (χ1n) is 13.6. The Morgan fingerprint density at radius 1 is 1.02 bits per heavy atom. The summed E-state index contributed by atoms with van der Waals surface area (Å²) >= 11 is 0. The summed E-state index contributed by atoms with van der Waals surface area (Å²) in [6, 6.07) is 15.9. The van der Waals surface area contributed by atoms with Crippen LogP contribution in [-0.2, 0) is 40.1 Å². The van der Waals surface area contributed by atoms with Gasteiger partial charge in [0.1, 0.15) is 12.5 Å². The number of nitrogens with zero attached hydrogens (tertiary/aromatic N) is 4. The van der Waals surface area contributed by atoms with Crippen LogP contribution in [-0.4, -0.2) is 46.2 Å². The molecular formula is C30H36F2N6O3Si. The van der Waals surface area contributed by atoms with Crippen molar-refractivity contribution in [1.82, 2.24) is 19.7 Å². The second-order valence-electron chi connectivity index (χ2n) is 11.5. The predicted molar refractivity (Wildman–Crippen MR) is 161 cm³/mol. The molecule has 42 heavy (non-hydrogen) atoms. The SMILES string of the molecule is CC(F)(F)c1ccc(CN(Cc2ccccc2)C(=O)C(=O)Nc2cnc(N)c3cnn(COCC[Si](C)(C)C)c23)cc1. The molecule has 2 aromatic heterocycles. The molecule has 0 aliphatic carbocycles. The lowest BCUT2D eigenvalue weighted by molar-refractivity contribution is -0.144. The Bertz CT molecular complexity index is 1530. The molecule has 222 valence electrons. The van der Waals surface area contributed by atoms with Gasteiger partial charge in [-0.1, -0.05) is 74.2 Å². The third-order valence-electron chi connectivity index (χ3n) is 6.69. The minimum atomic E-state index is -2.98. The van der Waals surface area contributed by atoms with E-state index in [-0.39, 0.29) is 36.9 Å². The Kier molecular flexibility index (Phi) is 9.37. The van der Waals surface area contributed by atoms with E-state index in [0.717, 1.165) is 18.5 Å². The summed E-state index contributed by atoms with van der Waals surface area (Å²) in [5.41, 5.74) is 8.09. The van der Waals surface area contributed by atoms with E-state index >= 15 is 0 Å². The van der Waals surface area contributed by atoms with E-state index in [1.165, 1.54) is 35.4 Å². The van der Waals surface area contributed by atoms with Crippen molar-refractivity contribution < 1.29 is 23.1 Å². The first-order valence-corrected chi connectivity index (χ1v) is 17.3. The molecule has 0 fully saturated rings. The molecule has 0 aliphatic rings. The van der Waals surface area contributed by atoms with Crippen LogP contribution in [0.1, 0.15) is 23.6 Å². The zero-order chi connectivity index (χ0) is 30.5. The molecule has 0 radical (unpaired) electrons. The number of hydrogen-bond donors (Lipinski definition) is 2. The van der Waals surface area contributed by atoms with Gasteiger partial charge >= 0.3 is 11.8 Å². The number of halogens is 2. The standard InChI is InChI=1S/C30H36F2N6O3Si/c1-30(31,32)23-12-10-22(11-13-23)19-37(18-21-8-6-5-7-9-21)29(40)28(39)36-25-17-34-27(33)24-16-35-38(26(24)25)20-41-14-15-42(2,3)4/h5-13,16-17H,14-15,18-20H2,1-4H3,(H2,33,34)(H,36,39). The quantitative estimate of drug-likeness (QED) is 0.133. The maximum Gasteiger partial charge on any atom is 0.314 e. The molecule has 2 amide bonds. The number of hydrogen-bond acceptors (Lipinski definition) is 6. The Morgan fingerprint density at radius 3 is 2.29 bits per heavy atom. The number of nitrogens with two attached hydrogens (primary N) is 1.